The van der Waals surface area contributed by atoms with Gasteiger partial charge in [-0.2, -0.15) is 18.3 Å². The Morgan fingerprint density at radius 2 is 1.83 bits per heavy atom. The number of pyridine rings is 1. The predicted molar refractivity (Wildman–Crippen MR) is 84.8 cm³/mol. The summed E-state index contributed by atoms with van der Waals surface area (Å²) in [6.07, 6.45) is 0.00647. The van der Waals surface area contributed by atoms with Crippen LogP contribution in [-0.2, 0) is 6.18 Å². The molecule has 2 aromatic heterocycles. The average Bonchev–Trinajstić information content (AvgIpc) is 3.09. The summed E-state index contributed by atoms with van der Waals surface area (Å²) < 4.78 is 39.4. The van der Waals surface area contributed by atoms with Crippen molar-refractivity contribution in [2.24, 2.45) is 0 Å². The third-order valence-corrected chi connectivity index (χ3v) is 3.62. The van der Waals surface area contributed by atoms with Gasteiger partial charge in [-0.25, -0.2) is 9.67 Å². The van der Waals surface area contributed by atoms with Gasteiger partial charge in [0.1, 0.15) is 5.82 Å². The van der Waals surface area contributed by atoms with Crippen molar-refractivity contribution in [1.29, 1.82) is 0 Å². The Morgan fingerprint density at radius 1 is 1.08 bits per heavy atom. The molecule has 0 saturated heterocycles. The van der Waals surface area contributed by atoms with Crippen LogP contribution < -0.4 is 5.32 Å². The minimum absolute atomic E-state index is 0.0964. The van der Waals surface area contributed by atoms with Crippen LogP contribution in [-0.4, -0.2) is 14.8 Å². The topological polar surface area (TPSA) is 42.7 Å². The molecule has 3 rings (SSSR count). The fraction of sp³-hybridized carbons (Fsp3) is 0.176. The zero-order chi connectivity index (χ0) is 17.2. The van der Waals surface area contributed by atoms with Crippen molar-refractivity contribution in [1.82, 2.24) is 14.8 Å². The van der Waals surface area contributed by atoms with E-state index in [9.17, 15) is 13.2 Å². The lowest BCUT2D eigenvalue weighted by atomic mass is 10.1. The molecule has 0 aliphatic rings. The second kappa shape index (κ2) is 6.35. The molecule has 7 heteroatoms. The van der Waals surface area contributed by atoms with Crippen molar-refractivity contribution in [3.8, 4) is 5.69 Å². The van der Waals surface area contributed by atoms with Gasteiger partial charge in [0.15, 0.2) is 0 Å². The third kappa shape index (κ3) is 3.56. The van der Waals surface area contributed by atoms with E-state index in [2.05, 4.69) is 15.4 Å². The van der Waals surface area contributed by atoms with Crippen LogP contribution in [0.15, 0.2) is 61.1 Å². The molecule has 2 heterocycles. The zero-order valence-electron chi connectivity index (χ0n) is 12.8. The van der Waals surface area contributed by atoms with E-state index in [1.54, 1.807) is 10.9 Å². The number of hydrogen-bond acceptors (Lipinski definition) is 3. The quantitative estimate of drug-likeness (QED) is 0.767. The van der Waals surface area contributed by atoms with Crippen molar-refractivity contribution < 1.29 is 13.2 Å². The number of aromatic nitrogens is 3. The lowest BCUT2D eigenvalue weighted by Gasteiger charge is -2.16. The van der Waals surface area contributed by atoms with Crippen molar-refractivity contribution in [3.05, 3.63) is 72.2 Å². The van der Waals surface area contributed by atoms with Crippen LogP contribution in [0.4, 0.5) is 19.0 Å². The third-order valence-electron chi connectivity index (χ3n) is 3.62. The molecule has 0 aliphatic carbocycles. The molecule has 1 atom stereocenters. The van der Waals surface area contributed by atoms with E-state index in [-0.39, 0.29) is 6.04 Å². The van der Waals surface area contributed by atoms with Gasteiger partial charge in [0.2, 0.25) is 0 Å². The normalized spacial score (nSPS) is 12.8. The maximum Gasteiger partial charge on any atom is 0.417 e. The maximum atomic E-state index is 12.5. The largest absolute Gasteiger partial charge is 0.417 e. The standard InChI is InChI=1S/C17H15F3N4/c1-12(23-16-8-5-14(11-21-16)17(18,19)20)13-3-6-15(7-4-13)24-10-2-9-22-24/h2-12H,1H3,(H,21,23). The summed E-state index contributed by atoms with van der Waals surface area (Å²) in [4.78, 5) is 3.82. The van der Waals surface area contributed by atoms with E-state index in [4.69, 9.17) is 0 Å². The monoisotopic (exact) mass is 332 g/mol. The van der Waals surface area contributed by atoms with Gasteiger partial charge in [0, 0.05) is 24.6 Å². The highest BCUT2D eigenvalue weighted by Crippen LogP contribution is 2.29. The first-order chi connectivity index (χ1) is 11.4. The lowest BCUT2D eigenvalue weighted by Crippen LogP contribution is -2.10. The first-order valence-corrected chi connectivity index (χ1v) is 7.33. The Kier molecular flexibility index (Phi) is 4.24. The van der Waals surface area contributed by atoms with Crippen molar-refractivity contribution in [2.45, 2.75) is 19.1 Å². The van der Waals surface area contributed by atoms with Gasteiger partial charge in [0.25, 0.3) is 0 Å². The minimum atomic E-state index is -4.38. The summed E-state index contributed by atoms with van der Waals surface area (Å²) in [6, 6.07) is 11.8. The van der Waals surface area contributed by atoms with Crippen molar-refractivity contribution >= 4 is 5.82 Å². The summed E-state index contributed by atoms with van der Waals surface area (Å²) in [5, 5.41) is 7.25. The number of nitrogens with one attached hydrogen (secondary N) is 1. The number of rotatable bonds is 4. The fourth-order valence-corrected chi connectivity index (χ4v) is 2.29. The maximum absolute atomic E-state index is 12.5. The van der Waals surface area contributed by atoms with E-state index in [0.717, 1.165) is 23.5 Å². The van der Waals surface area contributed by atoms with Crippen LogP contribution in [0.5, 0.6) is 0 Å². The fourth-order valence-electron chi connectivity index (χ4n) is 2.29. The highest BCUT2D eigenvalue weighted by molar-refractivity contribution is 5.41. The number of anilines is 1. The Morgan fingerprint density at radius 3 is 2.38 bits per heavy atom. The first kappa shape index (κ1) is 16.0. The number of nitrogens with zero attached hydrogens (tertiary/aromatic N) is 3. The second-order valence-corrected chi connectivity index (χ2v) is 5.34. The van der Waals surface area contributed by atoms with Crippen LogP contribution in [0.1, 0.15) is 24.1 Å². The molecular weight excluding hydrogens is 317 g/mol. The molecule has 4 nitrogen and oxygen atoms in total. The van der Waals surface area contributed by atoms with Gasteiger partial charge in [-0.1, -0.05) is 12.1 Å². The lowest BCUT2D eigenvalue weighted by molar-refractivity contribution is -0.137. The van der Waals surface area contributed by atoms with E-state index >= 15 is 0 Å². The van der Waals surface area contributed by atoms with E-state index in [1.807, 2.05) is 43.5 Å². The van der Waals surface area contributed by atoms with Crippen LogP contribution in [0.25, 0.3) is 5.69 Å². The summed E-state index contributed by atoms with van der Waals surface area (Å²) in [6.45, 7) is 1.92. The number of halogens is 3. The Bertz CT molecular complexity index is 778. The molecule has 0 aliphatic heterocycles. The summed E-state index contributed by atoms with van der Waals surface area (Å²) in [7, 11) is 0. The Hall–Kier alpha value is -2.83. The van der Waals surface area contributed by atoms with Gasteiger partial charge < -0.3 is 5.32 Å². The molecule has 0 amide bonds. The molecule has 24 heavy (non-hydrogen) atoms. The molecule has 1 unspecified atom stereocenters. The molecule has 0 bridgehead atoms. The number of hydrogen-bond donors (Lipinski definition) is 1. The van der Waals surface area contributed by atoms with E-state index in [0.29, 0.717) is 5.82 Å². The summed E-state index contributed by atoms with van der Waals surface area (Å²) in [5.74, 6) is 0.395. The number of alkyl halides is 3. The summed E-state index contributed by atoms with van der Waals surface area (Å²) >= 11 is 0. The minimum Gasteiger partial charge on any atom is -0.364 e. The van der Waals surface area contributed by atoms with Crippen molar-refractivity contribution in [3.63, 3.8) is 0 Å². The predicted octanol–water partition coefficient (Wildman–Crippen LogP) is 4.46. The first-order valence-electron chi connectivity index (χ1n) is 7.33. The van der Waals surface area contributed by atoms with E-state index < -0.39 is 11.7 Å². The molecule has 0 fully saturated rings. The molecule has 124 valence electrons. The molecule has 0 spiro atoms. The highest BCUT2D eigenvalue weighted by atomic mass is 19.4. The van der Waals surface area contributed by atoms with Gasteiger partial charge in [-0.3, -0.25) is 0 Å². The SMILES string of the molecule is CC(Nc1ccc(C(F)(F)F)cn1)c1ccc(-n2cccn2)cc1. The highest BCUT2D eigenvalue weighted by Gasteiger charge is 2.30. The molecule has 1 aromatic carbocycles. The van der Waals surface area contributed by atoms with Crippen LogP contribution in [0, 0.1) is 0 Å². The van der Waals surface area contributed by atoms with Gasteiger partial charge in [-0.15, -0.1) is 0 Å². The number of benzene rings is 1. The van der Waals surface area contributed by atoms with Crippen LogP contribution in [0.3, 0.4) is 0 Å². The Labute approximate surface area is 137 Å². The Balaban J connectivity index is 1.69. The van der Waals surface area contributed by atoms with Gasteiger partial charge in [0.05, 0.1) is 11.3 Å². The molecule has 1 N–H and O–H groups in total. The molecule has 0 saturated carbocycles. The molecule has 3 aromatic rings. The summed E-state index contributed by atoms with van der Waals surface area (Å²) in [5.41, 5.74) is 1.17. The average molecular weight is 332 g/mol. The van der Waals surface area contributed by atoms with E-state index in [1.165, 1.54) is 6.07 Å². The van der Waals surface area contributed by atoms with Crippen LogP contribution in [0.2, 0.25) is 0 Å². The van der Waals surface area contributed by atoms with Crippen molar-refractivity contribution in [2.75, 3.05) is 5.32 Å². The molecular formula is C17H15F3N4. The zero-order valence-corrected chi connectivity index (χ0v) is 12.8. The van der Waals surface area contributed by atoms with Gasteiger partial charge in [-0.05, 0) is 42.8 Å². The second-order valence-electron chi connectivity index (χ2n) is 5.34. The molecule has 0 radical (unpaired) electrons. The van der Waals surface area contributed by atoms with Gasteiger partial charge >= 0.3 is 6.18 Å². The van der Waals surface area contributed by atoms with Crippen LogP contribution >= 0.6 is 0 Å². The smallest absolute Gasteiger partial charge is 0.364 e.